The van der Waals surface area contributed by atoms with Gasteiger partial charge >= 0.3 is 11.4 Å². The number of rotatable bonds is 0. The van der Waals surface area contributed by atoms with Crippen LogP contribution in [0, 0.1) is 34.5 Å². The second kappa shape index (κ2) is 2.06. The van der Waals surface area contributed by atoms with E-state index in [9.17, 15) is 9.59 Å². The SMILES string of the molecule is Cn1c(=O)n2n(c1=O)[C@H]1[C@H]3C4C5[C@]6([C@@H]7O[C@@H]7[C@@H]7O[C@H]7[C@]516)[C@@H]2[C@@H]43. The summed E-state index contributed by atoms with van der Waals surface area (Å²) in [6.07, 6.45) is 1.13. The molecule has 0 radical (unpaired) electrons. The first-order chi connectivity index (χ1) is 10.7. The maximum Gasteiger partial charge on any atom is 0.347 e. The van der Waals surface area contributed by atoms with Crippen LogP contribution in [-0.2, 0) is 16.5 Å². The molecular formula is C15H13N3O4. The van der Waals surface area contributed by atoms with Gasteiger partial charge in [0.1, 0.15) is 12.2 Å². The molecule has 4 aliphatic heterocycles. The van der Waals surface area contributed by atoms with Crippen molar-refractivity contribution in [3.63, 3.8) is 0 Å². The van der Waals surface area contributed by atoms with E-state index in [2.05, 4.69) is 0 Å². The maximum atomic E-state index is 12.7. The molecule has 2 saturated heterocycles. The fraction of sp³-hybridized carbons (Fsp3) is 0.867. The van der Waals surface area contributed by atoms with Crippen molar-refractivity contribution in [1.29, 1.82) is 0 Å². The monoisotopic (exact) mass is 299 g/mol. The molecule has 0 N–H and O–H groups in total. The van der Waals surface area contributed by atoms with Gasteiger partial charge in [-0.15, -0.1) is 0 Å². The average molecular weight is 299 g/mol. The molecule has 5 saturated carbocycles. The van der Waals surface area contributed by atoms with Gasteiger partial charge in [-0.1, -0.05) is 0 Å². The first-order valence-corrected chi connectivity index (χ1v) is 8.39. The number of aromatic nitrogens is 3. The summed E-state index contributed by atoms with van der Waals surface area (Å²) >= 11 is 0. The van der Waals surface area contributed by atoms with Crippen molar-refractivity contribution in [2.75, 3.05) is 0 Å². The molecule has 10 rings (SSSR count). The number of ether oxygens (including phenoxy) is 2. The molecule has 7 fully saturated rings. The lowest BCUT2D eigenvalue weighted by atomic mass is 9.64. The van der Waals surface area contributed by atoms with Crippen molar-refractivity contribution >= 4 is 0 Å². The highest BCUT2D eigenvalue weighted by molar-refractivity contribution is 5.56. The number of epoxide rings is 2. The molecule has 12 atom stereocenters. The van der Waals surface area contributed by atoms with Gasteiger partial charge in [0, 0.05) is 17.9 Å². The van der Waals surface area contributed by atoms with Crippen molar-refractivity contribution in [3.05, 3.63) is 21.0 Å². The van der Waals surface area contributed by atoms with E-state index in [1.165, 1.54) is 4.57 Å². The first kappa shape index (κ1) is 9.72. The number of hydrogen-bond donors (Lipinski definition) is 0. The summed E-state index contributed by atoms with van der Waals surface area (Å²) in [6.45, 7) is 0. The average Bonchev–Trinajstić information content (AvgIpc) is 3.33. The third-order valence-electron chi connectivity index (χ3n) is 9.02. The third kappa shape index (κ3) is 0.502. The summed E-state index contributed by atoms with van der Waals surface area (Å²) in [5.74, 6) is 2.61. The van der Waals surface area contributed by atoms with Crippen LogP contribution < -0.4 is 11.4 Å². The van der Waals surface area contributed by atoms with Gasteiger partial charge in [-0.2, -0.15) is 0 Å². The highest BCUT2D eigenvalue weighted by Gasteiger charge is 3.11. The Balaban J connectivity index is 1.50. The van der Waals surface area contributed by atoms with Gasteiger partial charge in [0.25, 0.3) is 0 Å². The first-order valence-electron chi connectivity index (χ1n) is 8.39. The second-order valence-electron chi connectivity index (χ2n) is 8.82. The fourth-order valence-corrected chi connectivity index (χ4v) is 8.93. The van der Waals surface area contributed by atoms with Gasteiger partial charge in [0.2, 0.25) is 0 Å². The van der Waals surface area contributed by atoms with E-state index < -0.39 is 0 Å². The zero-order valence-electron chi connectivity index (χ0n) is 11.7. The highest BCUT2D eigenvalue weighted by Crippen LogP contribution is 3.07. The van der Waals surface area contributed by atoms with E-state index in [0.29, 0.717) is 30.0 Å². The second-order valence-corrected chi connectivity index (χ2v) is 8.82. The molecule has 5 heterocycles. The van der Waals surface area contributed by atoms with Crippen molar-refractivity contribution in [3.8, 4) is 0 Å². The molecular weight excluding hydrogens is 286 g/mol. The third-order valence-corrected chi connectivity index (χ3v) is 9.02. The van der Waals surface area contributed by atoms with Gasteiger partial charge in [-0.3, -0.25) is 0 Å². The Morgan fingerprint density at radius 2 is 1.36 bits per heavy atom. The Morgan fingerprint density at radius 3 is 1.86 bits per heavy atom. The van der Waals surface area contributed by atoms with Gasteiger partial charge in [0.05, 0.1) is 24.3 Å². The van der Waals surface area contributed by atoms with E-state index >= 15 is 0 Å². The van der Waals surface area contributed by atoms with Crippen molar-refractivity contribution in [2.45, 2.75) is 36.5 Å². The van der Waals surface area contributed by atoms with E-state index in [-0.39, 0.29) is 46.5 Å². The molecule has 22 heavy (non-hydrogen) atoms. The molecule has 2 bridgehead atoms. The number of hydrogen-bond acceptors (Lipinski definition) is 4. The smallest absolute Gasteiger partial charge is 0.347 e. The molecule has 1 aromatic heterocycles. The van der Waals surface area contributed by atoms with Gasteiger partial charge in [-0.05, 0) is 23.7 Å². The van der Waals surface area contributed by atoms with Gasteiger partial charge in [0.15, 0.2) is 0 Å². The van der Waals surface area contributed by atoms with Crippen molar-refractivity contribution in [1.82, 2.24) is 13.9 Å². The topological polar surface area (TPSA) is 74.0 Å². The van der Waals surface area contributed by atoms with Crippen LogP contribution in [0.1, 0.15) is 12.1 Å². The van der Waals surface area contributed by atoms with Gasteiger partial charge < -0.3 is 9.47 Å². The number of fused-ring (bicyclic) bond motifs is 3. The lowest BCUT2D eigenvalue weighted by Crippen LogP contribution is -2.57. The molecule has 0 amide bonds. The Labute approximate surface area is 123 Å². The standard InChI is InChI=1S/C15H13N3O4/c1-16-12(19)17-8-3-2-4(3)9(18(17)13(16)20)15-7(2)14(8,15)10-5(21-10)6-11(15)22-6/h2-11H,1H3/t2?,3-,4-,5-,6+,7?,8-,9-,10+,11+,14-,15+/m0/s1. The van der Waals surface area contributed by atoms with E-state index in [1.807, 2.05) is 9.36 Å². The van der Waals surface area contributed by atoms with Gasteiger partial charge in [-0.25, -0.2) is 23.5 Å². The van der Waals surface area contributed by atoms with Crippen molar-refractivity contribution < 1.29 is 9.47 Å². The Hall–Kier alpha value is -1.34. The minimum Gasteiger partial charge on any atom is -0.366 e. The molecule has 2 unspecified atom stereocenters. The summed E-state index contributed by atoms with van der Waals surface area (Å²) in [5, 5.41) is 0. The molecule has 112 valence electrons. The van der Waals surface area contributed by atoms with Crippen LogP contribution in [0.4, 0.5) is 0 Å². The summed E-state index contributed by atoms with van der Waals surface area (Å²) in [7, 11) is 1.61. The van der Waals surface area contributed by atoms with E-state index in [1.54, 1.807) is 7.05 Å². The molecule has 9 aliphatic rings. The zero-order chi connectivity index (χ0) is 14.1. The van der Waals surface area contributed by atoms with Crippen LogP contribution in [0.15, 0.2) is 9.59 Å². The Kier molecular flexibility index (Phi) is 0.910. The zero-order valence-corrected chi connectivity index (χ0v) is 11.7. The predicted octanol–water partition coefficient (Wildman–Crippen LogP) is -1.52. The summed E-state index contributed by atoms with van der Waals surface area (Å²) < 4.78 is 17.1. The van der Waals surface area contributed by atoms with Crippen LogP contribution in [0.2, 0.25) is 0 Å². The lowest BCUT2D eigenvalue weighted by molar-refractivity contribution is -0.0267. The largest absolute Gasteiger partial charge is 0.366 e. The van der Waals surface area contributed by atoms with Crippen LogP contribution in [0.3, 0.4) is 0 Å². The quantitative estimate of drug-likeness (QED) is 0.546. The number of nitrogens with zero attached hydrogens (tertiary/aromatic N) is 3. The predicted molar refractivity (Wildman–Crippen MR) is 68.2 cm³/mol. The molecule has 2 spiro atoms. The molecule has 7 heteroatoms. The van der Waals surface area contributed by atoms with E-state index in [0.717, 1.165) is 5.92 Å². The van der Waals surface area contributed by atoms with Crippen LogP contribution in [0.5, 0.6) is 0 Å². The fourth-order valence-electron chi connectivity index (χ4n) is 8.93. The Morgan fingerprint density at radius 1 is 0.864 bits per heavy atom. The van der Waals surface area contributed by atoms with E-state index in [4.69, 9.17) is 9.47 Å². The highest BCUT2D eigenvalue weighted by atomic mass is 16.7. The van der Waals surface area contributed by atoms with Crippen LogP contribution >= 0.6 is 0 Å². The maximum absolute atomic E-state index is 12.7. The summed E-state index contributed by atoms with van der Waals surface area (Å²) in [5.41, 5.74) is -0.00465. The summed E-state index contributed by atoms with van der Waals surface area (Å²) in [6, 6.07) is 0.387. The lowest BCUT2D eigenvalue weighted by Gasteiger charge is -2.48. The molecule has 5 aliphatic carbocycles. The Bertz CT molecular complexity index is 930. The molecule has 1 aromatic rings. The minimum absolute atomic E-state index is 0.127. The molecule has 7 nitrogen and oxygen atoms in total. The normalized spacial score (nSPS) is 73.1. The van der Waals surface area contributed by atoms with Crippen molar-refractivity contribution in [2.24, 2.45) is 41.5 Å². The summed E-state index contributed by atoms with van der Waals surface area (Å²) in [4.78, 5) is 25.4. The van der Waals surface area contributed by atoms with Crippen LogP contribution in [-0.4, -0.2) is 38.3 Å². The minimum atomic E-state index is -0.129. The van der Waals surface area contributed by atoms with Crippen LogP contribution in [0.25, 0.3) is 0 Å². The molecule has 0 aromatic carbocycles.